The van der Waals surface area contributed by atoms with Gasteiger partial charge in [0.15, 0.2) is 5.75 Å². The molecule has 0 heterocycles. The summed E-state index contributed by atoms with van der Waals surface area (Å²) in [5, 5.41) is 3.11. The van der Waals surface area contributed by atoms with Crippen LogP contribution < -0.4 is 10.1 Å². The second kappa shape index (κ2) is 5.37. The summed E-state index contributed by atoms with van der Waals surface area (Å²) < 4.78 is 40.4. The number of ether oxygens (including phenoxy) is 1. The highest BCUT2D eigenvalue weighted by molar-refractivity contribution is 5.35. The molecular weight excluding hydrogens is 267 g/mol. The summed E-state index contributed by atoms with van der Waals surface area (Å²) in [5.74, 6) is 0.152. The summed E-state index contributed by atoms with van der Waals surface area (Å²) in [4.78, 5) is 0. The van der Waals surface area contributed by atoms with Crippen LogP contribution in [-0.4, -0.2) is 19.5 Å². The summed E-state index contributed by atoms with van der Waals surface area (Å²) >= 11 is 0. The van der Waals surface area contributed by atoms with Crippen molar-refractivity contribution >= 4 is 0 Å². The summed E-state index contributed by atoms with van der Waals surface area (Å²) in [6.07, 6.45) is -3.80. The fourth-order valence-corrected chi connectivity index (χ4v) is 2.29. The monoisotopic (exact) mass is 283 g/mol. The molecule has 108 valence electrons. The predicted molar refractivity (Wildman–Crippen MR) is 69.3 cm³/mol. The number of halogens is 3. The fourth-order valence-electron chi connectivity index (χ4n) is 2.29. The molecular formula is C15H16F3NO. The van der Waals surface area contributed by atoms with Gasteiger partial charge in [-0.25, -0.2) is 0 Å². The predicted octanol–water partition coefficient (Wildman–Crippen LogP) is 3.45. The van der Waals surface area contributed by atoms with Crippen molar-refractivity contribution in [2.75, 3.05) is 7.05 Å². The van der Waals surface area contributed by atoms with Crippen LogP contribution in [0.5, 0.6) is 5.75 Å². The first-order chi connectivity index (χ1) is 9.31. The van der Waals surface area contributed by atoms with Gasteiger partial charge in [-0.3, -0.25) is 0 Å². The van der Waals surface area contributed by atoms with E-state index in [4.69, 9.17) is 0 Å². The largest absolute Gasteiger partial charge is 0.573 e. The molecule has 3 atom stereocenters. The van der Waals surface area contributed by atoms with Gasteiger partial charge in [-0.1, -0.05) is 18.2 Å². The van der Waals surface area contributed by atoms with Gasteiger partial charge >= 0.3 is 6.36 Å². The van der Waals surface area contributed by atoms with Crippen molar-refractivity contribution in [2.45, 2.75) is 31.7 Å². The molecule has 1 aromatic carbocycles. The zero-order chi connectivity index (χ0) is 14.9. The van der Waals surface area contributed by atoms with Crippen LogP contribution in [0.4, 0.5) is 13.2 Å². The topological polar surface area (TPSA) is 21.3 Å². The Labute approximate surface area is 116 Å². The highest BCUT2D eigenvalue weighted by Gasteiger charge is 2.41. The maximum Gasteiger partial charge on any atom is 0.573 e. The molecule has 0 aromatic heterocycles. The molecule has 5 heteroatoms. The third-order valence-corrected chi connectivity index (χ3v) is 3.64. The molecule has 1 aromatic rings. The van der Waals surface area contributed by atoms with E-state index in [0.717, 1.165) is 17.6 Å². The van der Waals surface area contributed by atoms with E-state index in [1.165, 1.54) is 6.07 Å². The molecule has 1 aliphatic rings. The molecule has 0 bridgehead atoms. The Morgan fingerprint density at radius 2 is 2.25 bits per heavy atom. The van der Waals surface area contributed by atoms with Crippen LogP contribution in [0.1, 0.15) is 24.8 Å². The minimum atomic E-state index is -4.70. The Balaban J connectivity index is 2.05. The Morgan fingerprint density at radius 3 is 2.85 bits per heavy atom. The molecule has 1 aliphatic carbocycles. The molecule has 0 radical (unpaired) electrons. The summed E-state index contributed by atoms with van der Waals surface area (Å²) in [6.45, 7) is 6.07. The average molecular weight is 283 g/mol. The summed E-state index contributed by atoms with van der Waals surface area (Å²) in [6, 6.07) is 8.13. The van der Waals surface area contributed by atoms with E-state index in [1.54, 1.807) is 6.07 Å². The number of nitrogens with one attached hydrogen (secondary N) is 1. The van der Waals surface area contributed by atoms with Gasteiger partial charge in [0.05, 0.1) is 0 Å². The van der Waals surface area contributed by atoms with Crippen LogP contribution in [0.2, 0.25) is 0 Å². The Bertz CT molecular complexity index is 498. The van der Waals surface area contributed by atoms with Gasteiger partial charge in [0.2, 0.25) is 0 Å². The van der Waals surface area contributed by atoms with Gasteiger partial charge in [0, 0.05) is 6.04 Å². The maximum atomic E-state index is 12.2. The molecule has 0 saturated heterocycles. The molecule has 0 aliphatic heterocycles. The lowest BCUT2D eigenvalue weighted by atomic mass is 10.0. The third-order valence-electron chi connectivity index (χ3n) is 3.64. The molecule has 3 unspecified atom stereocenters. The van der Waals surface area contributed by atoms with Gasteiger partial charge in [-0.15, -0.1) is 13.2 Å². The van der Waals surface area contributed by atoms with Crippen molar-refractivity contribution in [2.24, 2.45) is 5.92 Å². The summed E-state index contributed by atoms with van der Waals surface area (Å²) in [7, 11) is 1.85. The zero-order valence-corrected chi connectivity index (χ0v) is 11.3. The van der Waals surface area contributed by atoms with Crippen LogP contribution in [0, 0.1) is 18.1 Å². The van der Waals surface area contributed by atoms with Crippen molar-refractivity contribution in [3.63, 3.8) is 0 Å². The number of likely N-dealkylation sites (N-methyl/N-ethyl adjacent to an activating group) is 1. The lowest BCUT2D eigenvalue weighted by Gasteiger charge is -2.13. The molecule has 2 rings (SSSR count). The molecule has 0 amide bonds. The minimum absolute atomic E-state index is 0.190. The normalized spacial score (nSPS) is 22.9. The Morgan fingerprint density at radius 1 is 1.55 bits per heavy atom. The number of hydrogen-bond donors (Lipinski definition) is 1. The van der Waals surface area contributed by atoms with E-state index in [1.807, 2.05) is 14.0 Å². The smallest absolute Gasteiger partial charge is 0.397 e. The van der Waals surface area contributed by atoms with E-state index in [2.05, 4.69) is 28.8 Å². The van der Waals surface area contributed by atoms with Crippen molar-refractivity contribution in [1.82, 2.24) is 5.32 Å². The lowest BCUT2D eigenvalue weighted by Crippen LogP contribution is -2.24. The van der Waals surface area contributed by atoms with Crippen LogP contribution in [0.3, 0.4) is 0 Å². The summed E-state index contributed by atoms with van der Waals surface area (Å²) in [5.41, 5.74) is 1.86. The average Bonchev–Trinajstić information content (AvgIpc) is 3.15. The molecule has 1 saturated carbocycles. The fraction of sp³-hybridized carbons (Fsp3) is 0.467. The quantitative estimate of drug-likeness (QED) is 0.836. The van der Waals surface area contributed by atoms with Crippen molar-refractivity contribution in [3.8, 4) is 5.75 Å². The number of alkyl halides is 3. The van der Waals surface area contributed by atoms with Crippen LogP contribution in [0.25, 0.3) is 0 Å². The maximum absolute atomic E-state index is 12.2. The second-order valence-corrected chi connectivity index (χ2v) is 5.00. The van der Waals surface area contributed by atoms with E-state index in [0.29, 0.717) is 5.92 Å². The Kier molecular flexibility index (Phi) is 3.96. The first-order valence-electron chi connectivity index (χ1n) is 6.37. The van der Waals surface area contributed by atoms with Crippen LogP contribution in [0.15, 0.2) is 24.3 Å². The first kappa shape index (κ1) is 14.7. The highest BCUT2D eigenvalue weighted by Crippen LogP contribution is 2.52. The van der Waals surface area contributed by atoms with E-state index in [-0.39, 0.29) is 17.7 Å². The molecule has 20 heavy (non-hydrogen) atoms. The molecule has 1 fully saturated rings. The Hall–Kier alpha value is -1.67. The molecule has 2 nitrogen and oxygen atoms in total. The number of rotatable bonds is 5. The first-order valence-corrected chi connectivity index (χ1v) is 6.37. The van der Waals surface area contributed by atoms with Crippen LogP contribution in [-0.2, 0) is 0 Å². The standard InChI is InChI=1S/C15H16F3NO/c1-9(10(2)19-3)13-8-14(13)11-5-4-6-12(7-11)20-15(16,17)18/h5,7,10,13-14,19H,1,8H2,2-3H3. The van der Waals surface area contributed by atoms with Crippen molar-refractivity contribution in [1.29, 1.82) is 0 Å². The van der Waals surface area contributed by atoms with Gasteiger partial charge in [-0.2, -0.15) is 0 Å². The van der Waals surface area contributed by atoms with Crippen LogP contribution >= 0.6 is 0 Å². The SMILES string of the molecule is C=C(C(C)NC)C1CC1c1cc#cc(OC(F)(F)F)c1. The third kappa shape index (κ3) is 3.45. The van der Waals surface area contributed by atoms with E-state index >= 15 is 0 Å². The highest BCUT2D eigenvalue weighted by atomic mass is 19.4. The van der Waals surface area contributed by atoms with Crippen molar-refractivity contribution < 1.29 is 17.9 Å². The second-order valence-electron chi connectivity index (χ2n) is 5.00. The number of hydrogen-bond acceptors (Lipinski definition) is 2. The van der Waals surface area contributed by atoms with E-state index in [9.17, 15) is 13.2 Å². The minimum Gasteiger partial charge on any atom is -0.397 e. The van der Waals surface area contributed by atoms with E-state index < -0.39 is 6.36 Å². The van der Waals surface area contributed by atoms with Crippen molar-refractivity contribution in [3.05, 3.63) is 42.0 Å². The molecule has 1 N–H and O–H groups in total. The van der Waals surface area contributed by atoms with Gasteiger partial charge in [0.25, 0.3) is 0 Å². The zero-order valence-electron chi connectivity index (χ0n) is 11.3. The van der Waals surface area contributed by atoms with Gasteiger partial charge < -0.3 is 10.1 Å². The lowest BCUT2D eigenvalue weighted by molar-refractivity contribution is -0.274. The molecule has 0 spiro atoms. The van der Waals surface area contributed by atoms with Gasteiger partial charge in [-0.05, 0) is 56.0 Å². The van der Waals surface area contributed by atoms with Gasteiger partial charge in [0.1, 0.15) is 0 Å².